The number of hydrogen-bond acceptors (Lipinski definition) is 2. The molecule has 0 N–H and O–H groups in total. The summed E-state index contributed by atoms with van der Waals surface area (Å²) in [5.41, 5.74) is 1.09. The summed E-state index contributed by atoms with van der Waals surface area (Å²) < 4.78 is 6.58. The maximum absolute atomic E-state index is 5.58. The fourth-order valence-electron chi connectivity index (χ4n) is 0.995. The van der Waals surface area contributed by atoms with E-state index in [4.69, 9.17) is 4.74 Å². The second-order valence-corrected chi connectivity index (χ2v) is 4.01. The van der Waals surface area contributed by atoms with E-state index in [2.05, 4.69) is 20.9 Å². The SMILES string of the molecule is Cc1cc(Br)cnc1OC1CC1. The fourth-order valence-corrected chi connectivity index (χ4v) is 1.44. The van der Waals surface area contributed by atoms with E-state index in [0.717, 1.165) is 15.9 Å². The lowest BCUT2D eigenvalue weighted by atomic mass is 10.3. The Kier molecular flexibility index (Phi) is 2.05. The van der Waals surface area contributed by atoms with Gasteiger partial charge < -0.3 is 4.74 Å². The predicted octanol–water partition coefficient (Wildman–Crippen LogP) is 2.69. The Hall–Kier alpha value is -0.570. The molecule has 0 amide bonds. The number of rotatable bonds is 2. The summed E-state index contributed by atoms with van der Waals surface area (Å²) in [6, 6.07) is 2.02. The molecule has 12 heavy (non-hydrogen) atoms. The molecule has 1 saturated carbocycles. The molecule has 64 valence electrons. The van der Waals surface area contributed by atoms with Crippen LogP contribution in [0.25, 0.3) is 0 Å². The van der Waals surface area contributed by atoms with Gasteiger partial charge in [-0.1, -0.05) is 0 Å². The van der Waals surface area contributed by atoms with Gasteiger partial charge in [-0.3, -0.25) is 0 Å². The highest BCUT2D eigenvalue weighted by Crippen LogP contribution is 2.28. The summed E-state index contributed by atoms with van der Waals surface area (Å²) in [6.07, 6.45) is 4.55. The molecule has 0 saturated heterocycles. The van der Waals surface area contributed by atoms with Gasteiger partial charge in [0.15, 0.2) is 0 Å². The van der Waals surface area contributed by atoms with E-state index < -0.39 is 0 Å². The number of nitrogens with zero attached hydrogens (tertiary/aromatic N) is 1. The third kappa shape index (κ3) is 1.78. The zero-order valence-electron chi connectivity index (χ0n) is 6.88. The summed E-state index contributed by atoms with van der Waals surface area (Å²) in [6.45, 7) is 2.01. The van der Waals surface area contributed by atoms with Crippen LogP contribution in [-0.4, -0.2) is 11.1 Å². The molecule has 3 heteroatoms. The van der Waals surface area contributed by atoms with Crippen LogP contribution < -0.4 is 4.74 Å². The summed E-state index contributed by atoms with van der Waals surface area (Å²) in [7, 11) is 0. The van der Waals surface area contributed by atoms with Crippen LogP contribution in [0.4, 0.5) is 0 Å². The molecule has 1 aromatic heterocycles. The van der Waals surface area contributed by atoms with Crippen LogP contribution in [0.2, 0.25) is 0 Å². The molecule has 0 aliphatic heterocycles. The Balaban J connectivity index is 2.18. The molecule has 0 spiro atoms. The molecule has 0 bridgehead atoms. The minimum Gasteiger partial charge on any atom is -0.474 e. The lowest BCUT2D eigenvalue weighted by Crippen LogP contribution is -1.99. The minimum absolute atomic E-state index is 0.428. The van der Waals surface area contributed by atoms with Gasteiger partial charge in [-0.2, -0.15) is 0 Å². The largest absolute Gasteiger partial charge is 0.474 e. The second kappa shape index (κ2) is 3.05. The van der Waals surface area contributed by atoms with E-state index in [-0.39, 0.29) is 0 Å². The lowest BCUT2D eigenvalue weighted by molar-refractivity contribution is 0.289. The zero-order valence-corrected chi connectivity index (χ0v) is 8.47. The summed E-state index contributed by atoms with van der Waals surface area (Å²) >= 11 is 3.36. The number of aromatic nitrogens is 1. The van der Waals surface area contributed by atoms with Crippen LogP contribution in [0.3, 0.4) is 0 Å². The fraction of sp³-hybridized carbons (Fsp3) is 0.444. The van der Waals surface area contributed by atoms with Crippen LogP contribution in [0.1, 0.15) is 18.4 Å². The average Bonchev–Trinajstić information content (AvgIpc) is 2.79. The van der Waals surface area contributed by atoms with Crippen LogP contribution >= 0.6 is 15.9 Å². The van der Waals surface area contributed by atoms with Gasteiger partial charge in [0, 0.05) is 16.2 Å². The molecule has 0 aromatic carbocycles. The second-order valence-electron chi connectivity index (χ2n) is 3.09. The average molecular weight is 228 g/mol. The van der Waals surface area contributed by atoms with Gasteiger partial charge in [-0.05, 0) is 41.8 Å². The lowest BCUT2D eigenvalue weighted by Gasteiger charge is -2.05. The van der Waals surface area contributed by atoms with Crippen molar-refractivity contribution in [2.45, 2.75) is 25.9 Å². The van der Waals surface area contributed by atoms with Gasteiger partial charge >= 0.3 is 0 Å². The van der Waals surface area contributed by atoms with Crippen molar-refractivity contribution in [1.29, 1.82) is 0 Å². The summed E-state index contributed by atoms with van der Waals surface area (Å²) in [5.74, 6) is 0.778. The van der Waals surface area contributed by atoms with Gasteiger partial charge in [0.05, 0.1) is 0 Å². The summed E-state index contributed by atoms with van der Waals surface area (Å²) in [4.78, 5) is 4.19. The van der Waals surface area contributed by atoms with Crippen molar-refractivity contribution in [2.24, 2.45) is 0 Å². The molecule has 1 aliphatic rings. The highest BCUT2D eigenvalue weighted by Gasteiger charge is 2.24. The third-order valence-electron chi connectivity index (χ3n) is 1.80. The van der Waals surface area contributed by atoms with E-state index in [1.54, 1.807) is 6.20 Å². The predicted molar refractivity (Wildman–Crippen MR) is 50.3 cm³/mol. The van der Waals surface area contributed by atoms with E-state index in [1.807, 2.05) is 13.0 Å². The Morgan fingerprint density at radius 3 is 2.92 bits per heavy atom. The van der Waals surface area contributed by atoms with Gasteiger partial charge in [0.2, 0.25) is 5.88 Å². The van der Waals surface area contributed by atoms with Crippen LogP contribution in [0, 0.1) is 6.92 Å². The molecule has 0 unspecified atom stereocenters. The smallest absolute Gasteiger partial charge is 0.216 e. The van der Waals surface area contributed by atoms with Crippen molar-refractivity contribution in [1.82, 2.24) is 4.98 Å². The first-order valence-corrected chi connectivity index (χ1v) is 4.84. The van der Waals surface area contributed by atoms with Crippen LogP contribution in [-0.2, 0) is 0 Å². The maximum atomic E-state index is 5.58. The highest BCUT2D eigenvalue weighted by molar-refractivity contribution is 9.10. The standard InChI is InChI=1S/C9H10BrNO/c1-6-4-7(10)5-11-9(6)12-8-2-3-8/h4-5,8H,2-3H2,1H3. The molecule has 1 aliphatic carbocycles. The van der Waals surface area contributed by atoms with Gasteiger partial charge in [0.1, 0.15) is 6.10 Å². The first-order valence-electron chi connectivity index (χ1n) is 4.04. The van der Waals surface area contributed by atoms with Crippen molar-refractivity contribution in [3.63, 3.8) is 0 Å². The van der Waals surface area contributed by atoms with Crippen molar-refractivity contribution >= 4 is 15.9 Å². The number of aryl methyl sites for hydroxylation is 1. The van der Waals surface area contributed by atoms with Crippen molar-refractivity contribution in [3.8, 4) is 5.88 Å². The Morgan fingerprint density at radius 2 is 2.33 bits per heavy atom. The monoisotopic (exact) mass is 227 g/mol. The molecule has 1 fully saturated rings. The molecule has 0 atom stereocenters. The van der Waals surface area contributed by atoms with Gasteiger partial charge in [-0.25, -0.2) is 4.98 Å². The van der Waals surface area contributed by atoms with E-state index >= 15 is 0 Å². The topological polar surface area (TPSA) is 22.1 Å². The Labute approximate surface area is 80.1 Å². The van der Waals surface area contributed by atoms with Crippen LogP contribution in [0.15, 0.2) is 16.7 Å². The molecular formula is C9H10BrNO. The molecule has 1 aromatic rings. The van der Waals surface area contributed by atoms with E-state index in [9.17, 15) is 0 Å². The third-order valence-corrected chi connectivity index (χ3v) is 2.23. The normalized spacial score (nSPS) is 16.2. The summed E-state index contributed by atoms with van der Waals surface area (Å²) in [5, 5.41) is 0. The minimum atomic E-state index is 0.428. The van der Waals surface area contributed by atoms with Crippen LogP contribution in [0.5, 0.6) is 5.88 Å². The Morgan fingerprint density at radius 1 is 1.58 bits per heavy atom. The molecule has 0 radical (unpaired) electrons. The molecule has 2 rings (SSSR count). The molecular weight excluding hydrogens is 218 g/mol. The zero-order chi connectivity index (χ0) is 8.55. The first kappa shape index (κ1) is 8.05. The van der Waals surface area contributed by atoms with Gasteiger partial charge in [-0.15, -0.1) is 0 Å². The Bertz CT molecular complexity index is 297. The van der Waals surface area contributed by atoms with Crippen molar-refractivity contribution in [2.75, 3.05) is 0 Å². The number of halogens is 1. The number of ether oxygens (including phenoxy) is 1. The molecule has 1 heterocycles. The van der Waals surface area contributed by atoms with Crippen molar-refractivity contribution < 1.29 is 4.74 Å². The van der Waals surface area contributed by atoms with Gasteiger partial charge in [0.25, 0.3) is 0 Å². The maximum Gasteiger partial charge on any atom is 0.216 e. The molecule has 2 nitrogen and oxygen atoms in total. The van der Waals surface area contributed by atoms with Crippen molar-refractivity contribution in [3.05, 3.63) is 22.3 Å². The van der Waals surface area contributed by atoms with E-state index in [0.29, 0.717) is 6.10 Å². The first-order chi connectivity index (χ1) is 5.75. The van der Waals surface area contributed by atoms with E-state index in [1.165, 1.54) is 12.8 Å². The number of hydrogen-bond donors (Lipinski definition) is 0. The quantitative estimate of drug-likeness (QED) is 0.776. The highest BCUT2D eigenvalue weighted by atomic mass is 79.9. The number of pyridine rings is 1.